The Balaban J connectivity index is 2.31. The zero-order valence-corrected chi connectivity index (χ0v) is 11.3. The summed E-state index contributed by atoms with van der Waals surface area (Å²) in [5, 5.41) is 3.34. The summed E-state index contributed by atoms with van der Waals surface area (Å²) in [6.07, 6.45) is 4.58. The van der Waals surface area contributed by atoms with Crippen LogP contribution in [0, 0.1) is 0 Å². The molecule has 4 heteroatoms. The molecular formula is C11H17BrN2S. The molecule has 0 fully saturated rings. The van der Waals surface area contributed by atoms with Crippen LogP contribution in [0.25, 0.3) is 0 Å². The number of hydrogen-bond donors (Lipinski definition) is 2. The van der Waals surface area contributed by atoms with Gasteiger partial charge in [0.25, 0.3) is 0 Å². The third kappa shape index (κ3) is 4.80. The molecule has 0 amide bonds. The number of rotatable bonds is 6. The van der Waals surface area contributed by atoms with Crippen LogP contribution in [0.1, 0.15) is 12.8 Å². The molecule has 0 radical (unpaired) electrons. The summed E-state index contributed by atoms with van der Waals surface area (Å²) in [5.74, 6) is 1.23. The van der Waals surface area contributed by atoms with Crippen molar-refractivity contribution in [1.29, 1.82) is 0 Å². The first kappa shape index (κ1) is 12.7. The Kier molecular flexibility index (Phi) is 5.95. The fourth-order valence-corrected chi connectivity index (χ4v) is 2.16. The third-order valence-electron chi connectivity index (χ3n) is 2.10. The number of nitrogens with one attached hydrogen (secondary N) is 1. The molecule has 0 aromatic heterocycles. The minimum Gasteiger partial charge on any atom is -0.397 e. The number of nitrogen functional groups attached to an aromatic ring is 1. The average Bonchev–Trinajstić information content (AvgIpc) is 2.20. The molecular weight excluding hydrogens is 272 g/mol. The molecule has 15 heavy (non-hydrogen) atoms. The molecule has 1 aromatic carbocycles. The summed E-state index contributed by atoms with van der Waals surface area (Å²) < 4.78 is 1.02. The van der Waals surface area contributed by atoms with Gasteiger partial charge in [0.1, 0.15) is 0 Å². The van der Waals surface area contributed by atoms with E-state index in [2.05, 4.69) is 27.5 Å². The molecule has 0 saturated carbocycles. The van der Waals surface area contributed by atoms with Crippen LogP contribution in [0.15, 0.2) is 22.7 Å². The highest BCUT2D eigenvalue weighted by Crippen LogP contribution is 2.22. The minimum atomic E-state index is 0.800. The van der Waals surface area contributed by atoms with E-state index in [1.165, 1.54) is 18.6 Å². The lowest BCUT2D eigenvalue weighted by molar-refractivity contribution is 0.843. The number of hydrogen-bond acceptors (Lipinski definition) is 3. The quantitative estimate of drug-likeness (QED) is 0.621. The van der Waals surface area contributed by atoms with Crippen LogP contribution in [0.2, 0.25) is 0 Å². The van der Waals surface area contributed by atoms with E-state index in [1.807, 2.05) is 30.0 Å². The van der Waals surface area contributed by atoms with Crippen LogP contribution < -0.4 is 11.1 Å². The molecule has 2 nitrogen and oxygen atoms in total. The summed E-state index contributed by atoms with van der Waals surface area (Å²) in [5.41, 5.74) is 7.70. The van der Waals surface area contributed by atoms with Crippen LogP contribution in [0.3, 0.4) is 0 Å². The molecule has 1 rings (SSSR count). The highest BCUT2D eigenvalue weighted by atomic mass is 79.9. The first-order valence-electron chi connectivity index (χ1n) is 5.02. The fourth-order valence-electron chi connectivity index (χ4n) is 1.29. The van der Waals surface area contributed by atoms with E-state index in [0.29, 0.717) is 0 Å². The zero-order chi connectivity index (χ0) is 11.1. The smallest absolute Gasteiger partial charge is 0.0574 e. The van der Waals surface area contributed by atoms with Gasteiger partial charge in [0.15, 0.2) is 0 Å². The van der Waals surface area contributed by atoms with Gasteiger partial charge in [0.2, 0.25) is 0 Å². The van der Waals surface area contributed by atoms with Crippen molar-refractivity contribution in [3.63, 3.8) is 0 Å². The number of nitrogens with two attached hydrogens (primary N) is 1. The maximum Gasteiger partial charge on any atom is 0.0574 e. The van der Waals surface area contributed by atoms with E-state index in [9.17, 15) is 0 Å². The van der Waals surface area contributed by atoms with E-state index < -0.39 is 0 Å². The van der Waals surface area contributed by atoms with Crippen molar-refractivity contribution < 1.29 is 0 Å². The van der Waals surface area contributed by atoms with Crippen molar-refractivity contribution >= 4 is 39.1 Å². The average molecular weight is 289 g/mol. The van der Waals surface area contributed by atoms with E-state index >= 15 is 0 Å². The lowest BCUT2D eigenvalue weighted by Gasteiger charge is -2.09. The molecule has 0 spiro atoms. The summed E-state index contributed by atoms with van der Waals surface area (Å²) >= 11 is 5.28. The minimum absolute atomic E-state index is 0.800. The van der Waals surface area contributed by atoms with E-state index in [1.54, 1.807) is 0 Å². The summed E-state index contributed by atoms with van der Waals surface area (Å²) in [7, 11) is 0. The van der Waals surface area contributed by atoms with Crippen molar-refractivity contribution in [2.24, 2.45) is 0 Å². The Bertz CT molecular complexity index is 305. The SMILES string of the molecule is CSCCCCNc1ccc(Br)cc1N. The molecule has 0 aliphatic carbocycles. The monoisotopic (exact) mass is 288 g/mol. The Morgan fingerprint density at radius 3 is 2.87 bits per heavy atom. The zero-order valence-electron chi connectivity index (χ0n) is 8.92. The van der Waals surface area contributed by atoms with Crippen LogP contribution in [0.5, 0.6) is 0 Å². The second kappa shape index (κ2) is 7.01. The molecule has 0 aliphatic heterocycles. The number of anilines is 2. The van der Waals surface area contributed by atoms with Crippen LogP contribution >= 0.6 is 27.7 Å². The van der Waals surface area contributed by atoms with Crippen LogP contribution in [-0.2, 0) is 0 Å². The Hall–Kier alpha value is -0.350. The predicted octanol–water partition coefficient (Wildman–Crippen LogP) is 3.59. The van der Waals surface area contributed by atoms with Crippen molar-refractivity contribution in [2.75, 3.05) is 29.6 Å². The summed E-state index contributed by atoms with van der Waals surface area (Å²) in [4.78, 5) is 0. The van der Waals surface area contributed by atoms with Crippen molar-refractivity contribution in [1.82, 2.24) is 0 Å². The predicted molar refractivity (Wildman–Crippen MR) is 74.7 cm³/mol. The largest absolute Gasteiger partial charge is 0.397 e. The highest BCUT2D eigenvalue weighted by Gasteiger charge is 1.98. The molecule has 0 saturated heterocycles. The van der Waals surface area contributed by atoms with Crippen LogP contribution in [0.4, 0.5) is 11.4 Å². The van der Waals surface area contributed by atoms with Gasteiger partial charge >= 0.3 is 0 Å². The lowest BCUT2D eigenvalue weighted by atomic mass is 10.2. The second-order valence-electron chi connectivity index (χ2n) is 3.36. The van der Waals surface area contributed by atoms with Crippen LogP contribution in [-0.4, -0.2) is 18.6 Å². The highest BCUT2D eigenvalue weighted by molar-refractivity contribution is 9.10. The first-order valence-corrected chi connectivity index (χ1v) is 7.20. The summed E-state index contributed by atoms with van der Waals surface area (Å²) in [6, 6.07) is 5.93. The molecule has 1 aromatic rings. The van der Waals surface area contributed by atoms with Gasteiger partial charge < -0.3 is 11.1 Å². The second-order valence-corrected chi connectivity index (χ2v) is 5.26. The molecule has 0 aliphatic rings. The van der Waals surface area contributed by atoms with Gasteiger partial charge in [-0.2, -0.15) is 11.8 Å². The summed E-state index contributed by atoms with van der Waals surface area (Å²) in [6.45, 7) is 0.992. The fraction of sp³-hybridized carbons (Fsp3) is 0.455. The maximum absolute atomic E-state index is 5.87. The Morgan fingerprint density at radius 1 is 1.40 bits per heavy atom. The Morgan fingerprint density at radius 2 is 2.20 bits per heavy atom. The standard InChI is InChI=1S/C11H17BrN2S/c1-15-7-3-2-6-14-11-5-4-9(12)8-10(11)13/h4-5,8,14H,2-3,6-7,13H2,1H3. The number of halogens is 1. The molecule has 3 N–H and O–H groups in total. The van der Waals surface area contributed by atoms with Gasteiger partial charge in [0, 0.05) is 11.0 Å². The van der Waals surface area contributed by atoms with E-state index in [0.717, 1.165) is 22.4 Å². The topological polar surface area (TPSA) is 38.0 Å². The van der Waals surface area contributed by atoms with E-state index in [4.69, 9.17) is 5.73 Å². The van der Waals surface area contributed by atoms with Gasteiger partial charge in [-0.15, -0.1) is 0 Å². The van der Waals surface area contributed by atoms with Gasteiger partial charge in [-0.3, -0.25) is 0 Å². The third-order valence-corrected chi connectivity index (χ3v) is 3.29. The van der Waals surface area contributed by atoms with E-state index in [-0.39, 0.29) is 0 Å². The van der Waals surface area contributed by atoms with Gasteiger partial charge in [-0.05, 0) is 43.0 Å². The van der Waals surface area contributed by atoms with Gasteiger partial charge in [-0.1, -0.05) is 15.9 Å². The number of unbranched alkanes of at least 4 members (excludes halogenated alkanes) is 1. The number of benzene rings is 1. The first-order chi connectivity index (χ1) is 7.24. The van der Waals surface area contributed by atoms with Crippen molar-refractivity contribution in [2.45, 2.75) is 12.8 Å². The molecule has 0 bridgehead atoms. The maximum atomic E-state index is 5.87. The lowest BCUT2D eigenvalue weighted by Crippen LogP contribution is -2.04. The molecule has 0 atom stereocenters. The van der Waals surface area contributed by atoms with Gasteiger partial charge in [-0.25, -0.2) is 0 Å². The molecule has 84 valence electrons. The Labute approximate surface area is 104 Å². The van der Waals surface area contributed by atoms with Gasteiger partial charge in [0.05, 0.1) is 11.4 Å². The normalized spacial score (nSPS) is 10.3. The molecule has 0 heterocycles. The van der Waals surface area contributed by atoms with Crippen molar-refractivity contribution in [3.8, 4) is 0 Å². The van der Waals surface area contributed by atoms with Crippen molar-refractivity contribution in [3.05, 3.63) is 22.7 Å². The number of thioether (sulfide) groups is 1. The molecule has 0 unspecified atom stereocenters.